The van der Waals surface area contributed by atoms with Crippen LogP contribution in [0.4, 0.5) is 0 Å². The number of allylic oxidation sites excluding steroid dienone is 6. The van der Waals surface area contributed by atoms with Crippen molar-refractivity contribution in [1.82, 2.24) is 5.32 Å². The van der Waals surface area contributed by atoms with Crippen molar-refractivity contribution in [3.63, 3.8) is 0 Å². The number of ether oxygens (including phenoxy) is 1. The highest BCUT2D eigenvalue weighted by atomic mass is 16.5. The predicted octanol–water partition coefficient (Wildman–Crippen LogP) is 23.5. The van der Waals surface area contributed by atoms with Crippen molar-refractivity contribution in [2.45, 2.75) is 411 Å². The van der Waals surface area contributed by atoms with Gasteiger partial charge in [0.15, 0.2) is 0 Å². The smallest absolute Gasteiger partial charge is 0.305 e. The zero-order chi connectivity index (χ0) is 57.8. The number of esters is 1. The highest BCUT2D eigenvalue weighted by Crippen LogP contribution is 2.19. The van der Waals surface area contributed by atoms with E-state index in [1.807, 2.05) is 0 Å². The van der Waals surface area contributed by atoms with Crippen LogP contribution >= 0.6 is 0 Å². The van der Waals surface area contributed by atoms with Crippen LogP contribution in [0.1, 0.15) is 399 Å². The van der Waals surface area contributed by atoms with Crippen molar-refractivity contribution in [1.29, 1.82) is 0 Å². The van der Waals surface area contributed by atoms with E-state index in [0.29, 0.717) is 25.9 Å². The SMILES string of the molecule is CCCC/C=C\CCCCCCCC(=O)OCCCCCCCCCCCCC/C=C\C/C=C\CCCCCCCCCCCCCCCCCCCC(=O)NC(CO)C(O)CCCCCCCCCCCCCCCCCCC. The molecule has 3 N–H and O–H groups in total. The average Bonchev–Trinajstić information content (AvgIpc) is 3.46. The van der Waals surface area contributed by atoms with Gasteiger partial charge in [-0.3, -0.25) is 9.59 Å². The zero-order valence-corrected chi connectivity index (χ0v) is 54.1. The van der Waals surface area contributed by atoms with Crippen molar-refractivity contribution in [2.75, 3.05) is 13.2 Å². The van der Waals surface area contributed by atoms with Gasteiger partial charge in [0.2, 0.25) is 5.91 Å². The van der Waals surface area contributed by atoms with Crippen LogP contribution in [0.5, 0.6) is 0 Å². The molecule has 0 aliphatic heterocycles. The first-order chi connectivity index (χ1) is 39.5. The normalized spacial score (nSPS) is 12.7. The number of amides is 1. The average molecular weight is 1120 g/mol. The number of nitrogens with one attached hydrogen (secondary N) is 1. The van der Waals surface area contributed by atoms with Crippen LogP contribution in [0.15, 0.2) is 36.5 Å². The summed E-state index contributed by atoms with van der Waals surface area (Å²) >= 11 is 0. The Hall–Kier alpha value is -1.92. The van der Waals surface area contributed by atoms with E-state index >= 15 is 0 Å². The van der Waals surface area contributed by atoms with E-state index in [-0.39, 0.29) is 18.5 Å². The quantitative estimate of drug-likeness (QED) is 0.0320. The number of hydrogen-bond donors (Lipinski definition) is 3. The summed E-state index contributed by atoms with van der Waals surface area (Å²) in [5, 5.41) is 23.4. The molecule has 0 rings (SSSR count). The van der Waals surface area contributed by atoms with Gasteiger partial charge in [0.05, 0.1) is 25.4 Å². The molecule has 0 heterocycles. The van der Waals surface area contributed by atoms with E-state index in [4.69, 9.17) is 4.74 Å². The molecule has 1 amide bonds. The van der Waals surface area contributed by atoms with Crippen molar-refractivity contribution in [2.24, 2.45) is 0 Å². The number of carbonyl (C=O) groups excluding carboxylic acids is 2. The van der Waals surface area contributed by atoms with Crippen LogP contribution in [0.25, 0.3) is 0 Å². The molecular formula is C74H141NO5. The molecule has 6 heteroatoms. The fraction of sp³-hybridized carbons (Fsp3) is 0.892. The Labute approximate surface area is 500 Å². The molecule has 0 saturated heterocycles. The second-order valence-electron chi connectivity index (χ2n) is 24.9. The van der Waals surface area contributed by atoms with Gasteiger partial charge in [-0.25, -0.2) is 0 Å². The maximum absolute atomic E-state index is 12.5. The number of aliphatic hydroxyl groups excluding tert-OH is 2. The summed E-state index contributed by atoms with van der Waals surface area (Å²) in [6, 6.07) is -0.540. The molecule has 0 aliphatic carbocycles. The number of hydrogen-bond acceptors (Lipinski definition) is 5. The van der Waals surface area contributed by atoms with Crippen LogP contribution in [-0.4, -0.2) is 47.4 Å². The summed E-state index contributed by atoms with van der Waals surface area (Å²) in [4.78, 5) is 24.5. The Morgan fingerprint density at radius 3 is 1.00 bits per heavy atom. The number of carbonyl (C=O) groups is 2. The molecule has 0 fully saturated rings. The van der Waals surface area contributed by atoms with Gasteiger partial charge in [-0.15, -0.1) is 0 Å². The zero-order valence-electron chi connectivity index (χ0n) is 54.1. The van der Waals surface area contributed by atoms with Crippen LogP contribution in [0, 0.1) is 0 Å². The van der Waals surface area contributed by atoms with Gasteiger partial charge in [0.25, 0.3) is 0 Å². The van der Waals surface area contributed by atoms with E-state index < -0.39 is 12.1 Å². The van der Waals surface area contributed by atoms with Crippen LogP contribution in [0.2, 0.25) is 0 Å². The lowest BCUT2D eigenvalue weighted by molar-refractivity contribution is -0.143. The minimum Gasteiger partial charge on any atom is -0.466 e. The lowest BCUT2D eigenvalue weighted by Crippen LogP contribution is -2.45. The van der Waals surface area contributed by atoms with Crippen LogP contribution in [0.3, 0.4) is 0 Å². The summed E-state index contributed by atoms with van der Waals surface area (Å²) in [6.45, 7) is 4.94. The van der Waals surface area contributed by atoms with Gasteiger partial charge >= 0.3 is 5.97 Å². The van der Waals surface area contributed by atoms with Crippen molar-refractivity contribution >= 4 is 11.9 Å². The maximum Gasteiger partial charge on any atom is 0.305 e. The van der Waals surface area contributed by atoms with Gasteiger partial charge in [0.1, 0.15) is 0 Å². The largest absolute Gasteiger partial charge is 0.466 e. The third-order valence-corrected chi connectivity index (χ3v) is 16.9. The van der Waals surface area contributed by atoms with Gasteiger partial charge in [0, 0.05) is 12.8 Å². The second-order valence-corrected chi connectivity index (χ2v) is 24.9. The Morgan fingerprint density at radius 1 is 0.350 bits per heavy atom. The molecule has 0 saturated carbocycles. The minimum atomic E-state index is -0.663. The monoisotopic (exact) mass is 1120 g/mol. The van der Waals surface area contributed by atoms with Crippen LogP contribution in [-0.2, 0) is 14.3 Å². The lowest BCUT2D eigenvalue weighted by atomic mass is 10.0. The maximum atomic E-state index is 12.5. The summed E-state index contributed by atoms with van der Waals surface area (Å²) in [7, 11) is 0. The molecule has 0 aromatic carbocycles. The Kier molecular flexibility index (Phi) is 67.9. The molecule has 0 aliphatic rings. The Balaban J connectivity index is 3.37. The van der Waals surface area contributed by atoms with E-state index in [0.717, 1.165) is 51.4 Å². The molecule has 0 aromatic heterocycles. The molecule has 2 atom stereocenters. The van der Waals surface area contributed by atoms with Gasteiger partial charge in [-0.1, -0.05) is 346 Å². The first-order valence-electron chi connectivity index (χ1n) is 36.2. The lowest BCUT2D eigenvalue weighted by Gasteiger charge is -2.22. The topological polar surface area (TPSA) is 95.9 Å². The Bertz CT molecular complexity index is 1300. The molecule has 0 aromatic rings. The van der Waals surface area contributed by atoms with Crippen molar-refractivity contribution < 1.29 is 24.5 Å². The molecule has 0 spiro atoms. The highest BCUT2D eigenvalue weighted by Gasteiger charge is 2.20. The number of rotatable bonds is 68. The minimum absolute atomic E-state index is 0.00591. The third-order valence-electron chi connectivity index (χ3n) is 16.9. The van der Waals surface area contributed by atoms with E-state index in [9.17, 15) is 19.8 Å². The predicted molar refractivity (Wildman–Crippen MR) is 352 cm³/mol. The fourth-order valence-corrected chi connectivity index (χ4v) is 11.4. The molecular weight excluding hydrogens is 983 g/mol. The van der Waals surface area contributed by atoms with Gasteiger partial charge in [-0.2, -0.15) is 0 Å². The van der Waals surface area contributed by atoms with Gasteiger partial charge < -0.3 is 20.3 Å². The van der Waals surface area contributed by atoms with Crippen LogP contribution < -0.4 is 5.32 Å². The fourth-order valence-electron chi connectivity index (χ4n) is 11.4. The molecule has 2 unspecified atom stereocenters. The summed E-state index contributed by atoms with van der Waals surface area (Å²) in [5.74, 6) is -0.0233. The van der Waals surface area contributed by atoms with Crippen molar-refractivity contribution in [3.8, 4) is 0 Å². The van der Waals surface area contributed by atoms with E-state index in [1.54, 1.807) is 0 Å². The van der Waals surface area contributed by atoms with Crippen molar-refractivity contribution in [3.05, 3.63) is 36.5 Å². The Morgan fingerprint density at radius 2 is 0.637 bits per heavy atom. The molecule has 80 heavy (non-hydrogen) atoms. The van der Waals surface area contributed by atoms with E-state index in [1.165, 1.54) is 315 Å². The van der Waals surface area contributed by atoms with E-state index in [2.05, 4.69) is 55.6 Å². The summed E-state index contributed by atoms with van der Waals surface area (Å²) < 4.78 is 5.46. The first kappa shape index (κ1) is 78.1. The molecule has 472 valence electrons. The summed E-state index contributed by atoms with van der Waals surface area (Å²) in [6.07, 6.45) is 89.2. The molecule has 0 radical (unpaired) electrons. The second kappa shape index (κ2) is 69.6. The first-order valence-corrected chi connectivity index (χ1v) is 36.2. The molecule has 6 nitrogen and oxygen atoms in total. The molecule has 0 bridgehead atoms. The standard InChI is InChI=1S/C74H141NO5/c1-3-5-7-9-11-13-15-16-17-37-40-43-47-50-54-58-62-66-72(77)71(70-76)75-73(78)67-63-59-55-51-48-44-41-38-35-33-31-29-27-25-23-21-19-18-20-22-24-26-28-30-32-34-36-39-42-45-49-53-57-61-65-69-80-74(79)68-64-60-56-52-46-14-12-10-8-6-4-2/h10,12,20,22,26,28,71-72,76-77H,3-9,11,13-19,21,23-25,27,29-70H2,1-2H3,(H,75,78)/b12-10-,22-20-,28-26-. The summed E-state index contributed by atoms with van der Waals surface area (Å²) in [5.41, 5.74) is 0. The highest BCUT2D eigenvalue weighted by molar-refractivity contribution is 5.76. The number of aliphatic hydroxyl groups is 2. The number of unbranched alkanes of at least 4 members (excludes halogenated alkanes) is 51. The third kappa shape index (κ3) is 65.2. The van der Waals surface area contributed by atoms with Gasteiger partial charge in [-0.05, 0) is 77.0 Å².